The van der Waals surface area contributed by atoms with E-state index in [0.717, 1.165) is 12.8 Å². The summed E-state index contributed by atoms with van der Waals surface area (Å²) in [5.74, 6) is 1.56. The fourth-order valence-corrected chi connectivity index (χ4v) is 2.30. The summed E-state index contributed by atoms with van der Waals surface area (Å²) in [6, 6.07) is 0. The number of carbonyl (C=O) groups is 1. The third-order valence-corrected chi connectivity index (χ3v) is 3.88. The van der Waals surface area contributed by atoms with Crippen molar-refractivity contribution in [2.75, 3.05) is 11.9 Å². The molecule has 3 rings (SSSR count). The monoisotopic (exact) mass is 302 g/mol. The molecule has 0 radical (unpaired) electrons. The Labute approximate surface area is 129 Å². The molecule has 0 aromatic carbocycles. The number of anilines is 1. The van der Waals surface area contributed by atoms with Gasteiger partial charge in [-0.2, -0.15) is 4.98 Å². The average molecular weight is 302 g/mol. The Bertz CT molecular complexity index is 716. The van der Waals surface area contributed by atoms with Crippen molar-refractivity contribution in [3.8, 4) is 0 Å². The third kappa shape index (κ3) is 2.91. The normalized spacial score (nSPS) is 16.0. The van der Waals surface area contributed by atoms with Gasteiger partial charge < -0.3 is 15.1 Å². The van der Waals surface area contributed by atoms with Gasteiger partial charge in [-0.05, 0) is 32.6 Å². The van der Waals surface area contributed by atoms with Gasteiger partial charge >= 0.3 is 0 Å². The van der Waals surface area contributed by atoms with E-state index in [1.165, 1.54) is 6.26 Å². The van der Waals surface area contributed by atoms with Crippen LogP contribution in [-0.2, 0) is 0 Å². The third-order valence-electron chi connectivity index (χ3n) is 3.88. The molecule has 1 fully saturated rings. The van der Waals surface area contributed by atoms with Crippen LogP contribution < -0.4 is 10.6 Å². The summed E-state index contributed by atoms with van der Waals surface area (Å²) in [7, 11) is 0. The molecule has 1 saturated carbocycles. The van der Waals surface area contributed by atoms with Crippen LogP contribution in [0.4, 0.5) is 5.82 Å². The highest BCUT2D eigenvalue weighted by molar-refractivity contribution is 6.09. The fraction of sp³-hybridized carbons (Fsp3) is 0.562. The average Bonchev–Trinajstić information content (AvgIpc) is 2.99. The van der Waals surface area contributed by atoms with Gasteiger partial charge in [0.05, 0.1) is 10.9 Å². The van der Waals surface area contributed by atoms with Crippen LogP contribution in [0.1, 0.15) is 49.8 Å². The van der Waals surface area contributed by atoms with E-state index in [2.05, 4.69) is 41.4 Å². The second-order valence-corrected chi connectivity index (χ2v) is 6.74. The molecule has 0 spiro atoms. The van der Waals surface area contributed by atoms with Crippen molar-refractivity contribution in [3.05, 3.63) is 17.7 Å². The number of aryl methyl sites for hydroxylation is 1. The molecule has 0 bridgehead atoms. The highest BCUT2D eigenvalue weighted by Crippen LogP contribution is 2.39. The molecule has 0 unspecified atom stereocenters. The molecule has 6 heteroatoms. The van der Waals surface area contributed by atoms with Crippen LogP contribution in [0.5, 0.6) is 0 Å². The number of hydrogen-bond acceptors (Lipinski definition) is 5. The maximum absolute atomic E-state index is 12.4. The zero-order valence-corrected chi connectivity index (χ0v) is 13.5. The molecular weight excluding hydrogens is 280 g/mol. The molecule has 1 aliphatic carbocycles. The van der Waals surface area contributed by atoms with Gasteiger partial charge in [0.1, 0.15) is 17.9 Å². The van der Waals surface area contributed by atoms with Gasteiger partial charge in [0, 0.05) is 12.1 Å². The topological polar surface area (TPSA) is 80.0 Å². The predicted molar refractivity (Wildman–Crippen MR) is 85.0 cm³/mol. The van der Waals surface area contributed by atoms with Gasteiger partial charge in [0.25, 0.3) is 5.91 Å². The first-order chi connectivity index (χ1) is 10.4. The molecular formula is C16H22N4O2. The van der Waals surface area contributed by atoms with Gasteiger partial charge in [-0.25, -0.2) is 4.98 Å². The summed E-state index contributed by atoms with van der Waals surface area (Å²) in [4.78, 5) is 21.2. The lowest BCUT2D eigenvalue weighted by Gasteiger charge is -2.14. The molecule has 2 aromatic heterocycles. The van der Waals surface area contributed by atoms with Crippen LogP contribution in [-0.4, -0.2) is 28.0 Å². The summed E-state index contributed by atoms with van der Waals surface area (Å²) in [5, 5.41) is 7.01. The quantitative estimate of drug-likeness (QED) is 0.887. The summed E-state index contributed by atoms with van der Waals surface area (Å²) in [5.41, 5.74) is 1.01. The van der Waals surface area contributed by atoms with E-state index in [1.54, 1.807) is 0 Å². The lowest BCUT2D eigenvalue weighted by atomic mass is 10.1. The van der Waals surface area contributed by atoms with E-state index in [0.29, 0.717) is 40.8 Å². The highest BCUT2D eigenvalue weighted by atomic mass is 16.3. The minimum absolute atomic E-state index is 0.0661. The Morgan fingerprint density at radius 1 is 1.41 bits per heavy atom. The number of rotatable bonds is 5. The smallest absolute Gasteiger partial charge is 0.255 e. The van der Waals surface area contributed by atoms with Crippen LogP contribution >= 0.6 is 0 Å². The first-order valence-electron chi connectivity index (χ1n) is 7.70. The fourth-order valence-electron chi connectivity index (χ4n) is 2.30. The van der Waals surface area contributed by atoms with E-state index in [1.807, 2.05) is 6.92 Å². The van der Waals surface area contributed by atoms with Crippen LogP contribution in [0.3, 0.4) is 0 Å². The number of nitrogens with zero attached hydrogens (tertiary/aromatic N) is 2. The van der Waals surface area contributed by atoms with E-state index in [-0.39, 0.29) is 11.4 Å². The van der Waals surface area contributed by atoms with Gasteiger partial charge in [0.15, 0.2) is 0 Å². The Morgan fingerprint density at radius 3 is 2.77 bits per heavy atom. The molecule has 2 N–H and O–H groups in total. The van der Waals surface area contributed by atoms with Crippen LogP contribution in [0.2, 0.25) is 0 Å². The number of nitrogens with one attached hydrogen (secondary N) is 2. The van der Waals surface area contributed by atoms with Crippen molar-refractivity contribution >= 4 is 22.8 Å². The zero-order valence-electron chi connectivity index (χ0n) is 13.5. The maximum Gasteiger partial charge on any atom is 0.255 e. The zero-order chi connectivity index (χ0) is 15.9. The first-order valence-corrected chi connectivity index (χ1v) is 7.70. The molecule has 6 nitrogen and oxygen atoms in total. The molecule has 118 valence electrons. The molecule has 0 aliphatic heterocycles. The van der Waals surface area contributed by atoms with Gasteiger partial charge in [-0.1, -0.05) is 13.8 Å². The van der Waals surface area contributed by atoms with Crippen LogP contribution in [0, 0.1) is 12.8 Å². The second kappa shape index (κ2) is 5.26. The second-order valence-electron chi connectivity index (χ2n) is 6.74. The standard InChI is InChI=1S/C16H22N4O2/c1-9(2)7-17-14(21)11-8-22-15-12(11)13(18-10(3)19-15)20-16(4)5-6-16/h8-9H,5-7H2,1-4H3,(H,17,21)(H,18,19,20). The number of fused-ring (bicyclic) bond motifs is 1. The maximum atomic E-state index is 12.4. The van der Waals surface area contributed by atoms with Crippen LogP contribution in [0.25, 0.3) is 11.1 Å². The minimum atomic E-state index is -0.149. The number of aromatic nitrogens is 2. The van der Waals surface area contributed by atoms with Crippen molar-refractivity contribution in [2.24, 2.45) is 5.92 Å². The van der Waals surface area contributed by atoms with Gasteiger partial charge in [-0.15, -0.1) is 0 Å². The largest absolute Gasteiger partial charge is 0.445 e. The number of carbonyl (C=O) groups excluding carboxylic acids is 1. The van der Waals surface area contributed by atoms with Crippen molar-refractivity contribution in [1.29, 1.82) is 0 Å². The molecule has 0 saturated heterocycles. The summed E-state index contributed by atoms with van der Waals surface area (Å²) >= 11 is 0. The van der Waals surface area contributed by atoms with E-state index in [9.17, 15) is 4.79 Å². The SMILES string of the molecule is Cc1nc(NC2(C)CC2)c2c(C(=O)NCC(C)C)coc2n1. The lowest BCUT2D eigenvalue weighted by Crippen LogP contribution is -2.27. The van der Waals surface area contributed by atoms with Gasteiger partial charge in [-0.3, -0.25) is 4.79 Å². The Hall–Kier alpha value is -2.11. The Morgan fingerprint density at radius 2 is 2.14 bits per heavy atom. The Kier molecular flexibility index (Phi) is 3.54. The van der Waals surface area contributed by atoms with E-state index >= 15 is 0 Å². The summed E-state index contributed by atoms with van der Waals surface area (Å²) in [6.45, 7) is 8.71. The van der Waals surface area contributed by atoms with Crippen molar-refractivity contribution in [2.45, 2.75) is 46.1 Å². The number of furan rings is 1. The first kappa shape index (κ1) is 14.8. The molecule has 1 aliphatic rings. The molecule has 22 heavy (non-hydrogen) atoms. The minimum Gasteiger partial charge on any atom is -0.445 e. The summed E-state index contributed by atoms with van der Waals surface area (Å²) < 4.78 is 5.48. The Balaban J connectivity index is 1.98. The lowest BCUT2D eigenvalue weighted by molar-refractivity contribution is 0.0950. The molecule has 2 aromatic rings. The van der Waals surface area contributed by atoms with Gasteiger partial charge in [0.2, 0.25) is 5.71 Å². The summed E-state index contributed by atoms with van der Waals surface area (Å²) in [6.07, 6.45) is 3.67. The highest BCUT2D eigenvalue weighted by Gasteiger charge is 2.38. The van der Waals surface area contributed by atoms with Crippen molar-refractivity contribution in [3.63, 3.8) is 0 Å². The molecule has 1 amide bonds. The number of amides is 1. The molecule has 2 heterocycles. The van der Waals surface area contributed by atoms with E-state index < -0.39 is 0 Å². The predicted octanol–water partition coefficient (Wildman–Crippen LogP) is 2.88. The van der Waals surface area contributed by atoms with Crippen LogP contribution in [0.15, 0.2) is 10.7 Å². The van der Waals surface area contributed by atoms with Crippen molar-refractivity contribution < 1.29 is 9.21 Å². The van der Waals surface area contributed by atoms with E-state index in [4.69, 9.17) is 4.42 Å². The number of hydrogen-bond donors (Lipinski definition) is 2. The molecule has 0 atom stereocenters. The van der Waals surface area contributed by atoms with Crippen molar-refractivity contribution in [1.82, 2.24) is 15.3 Å².